The minimum atomic E-state index is -1.21. The molecule has 2 saturated heterocycles. The van der Waals surface area contributed by atoms with Gasteiger partial charge >= 0.3 is 5.97 Å². The Labute approximate surface area is 146 Å². The van der Waals surface area contributed by atoms with Crippen molar-refractivity contribution in [2.24, 2.45) is 0 Å². The molecule has 0 saturated carbocycles. The van der Waals surface area contributed by atoms with Gasteiger partial charge in [0.15, 0.2) is 12.1 Å². The first-order valence-electron chi connectivity index (χ1n) is 8.34. The van der Waals surface area contributed by atoms with Crippen molar-refractivity contribution in [1.82, 2.24) is 0 Å². The third kappa shape index (κ3) is 4.37. The maximum atomic E-state index is 11.1. The second-order valence-electron chi connectivity index (χ2n) is 6.69. The zero-order valence-corrected chi connectivity index (χ0v) is 14.6. The molecule has 1 aromatic rings. The molecule has 0 spiro atoms. The van der Waals surface area contributed by atoms with Crippen molar-refractivity contribution >= 4 is 5.97 Å². The van der Waals surface area contributed by atoms with Crippen LogP contribution in [0.25, 0.3) is 0 Å². The lowest BCUT2D eigenvalue weighted by Gasteiger charge is -2.39. The summed E-state index contributed by atoms with van der Waals surface area (Å²) in [4.78, 5) is 11.1. The summed E-state index contributed by atoms with van der Waals surface area (Å²) in [5.74, 6) is -1.26. The summed E-state index contributed by atoms with van der Waals surface area (Å²) < 4.78 is 28.3. The highest BCUT2D eigenvalue weighted by molar-refractivity contribution is 5.65. The zero-order chi connectivity index (χ0) is 18.0. The van der Waals surface area contributed by atoms with Crippen LogP contribution in [0.2, 0.25) is 0 Å². The monoisotopic (exact) mass is 352 g/mol. The van der Waals surface area contributed by atoms with Crippen molar-refractivity contribution in [1.29, 1.82) is 0 Å². The molecule has 0 aliphatic carbocycles. The summed E-state index contributed by atoms with van der Waals surface area (Å²) in [6, 6.07) is 9.64. The highest BCUT2D eigenvalue weighted by atomic mass is 16.8. The molecule has 0 amide bonds. The first kappa shape index (κ1) is 18.3. The predicted molar refractivity (Wildman–Crippen MR) is 86.4 cm³/mol. The molecule has 2 aliphatic heterocycles. The van der Waals surface area contributed by atoms with Crippen LogP contribution < -0.4 is 0 Å². The molecule has 2 fully saturated rings. The Balaban J connectivity index is 1.70. The molecule has 7 nitrogen and oxygen atoms in total. The quantitative estimate of drug-likeness (QED) is 0.801. The van der Waals surface area contributed by atoms with E-state index >= 15 is 0 Å². The molecule has 7 heteroatoms. The van der Waals surface area contributed by atoms with Crippen molar-refractivity contribution in [3.8, 4) is 0 Å². The lowest BCUT2D eigenvalue weighted by atomic mass is 9.99. The number of carbonyl (C=O) groups excluding carboxylic acids is 1. The summed E-state index contributed by atoms with van der Waals surface area (Å²) in [5.41, 5.74) is 0.978. The zero-order valence-electron chi connectivity index (χ0n) is 14.6. The number of esters is 1. The topological polar surface area (TPSA) is 83.5 Å². The van der Waals surface area contributed by atoms with E-state index in [4.69, 9.17) is 23.7 Å². The number of rotatable bonds is 5. The number of hydrogen-bond acceptors (Lipinski definition) is 7. The normalized spacial score (nSPS) is 33.7. The SMILES string of the molecule is CC(=O)OC[C@H]1OC(O)[C@H](OCc2ccccc2)[C@H]2OC(C)(C)O[C@H]21. The molecular formula is C18H24O7. The first-order valence-corrected chi connectivity index (χ1v) is 8.34. The van der Waals surface area contributed by atoms with E-state index < -0.39 is 42.5 Å². The standard InChI is InChI=1S/C18H24O7/c1-11(19)21-10-13-14-15(25-18(2,3)24-14)16(17(20)23-13)22-9-12-7-5-4-6-8-12/h4-8,13-17,20H,9-10H2,1-3H3/t13-,14+,15+,16-,17?/m1/s1. The fourth-order valence-corrected chi connectivity index (χ4v) is 3.13. The van der Waals surface area contributed by atoms with Crippen LogP contribution in [-0.2, 0) is 35.1 Å². The smallest absolute Gasteiger partial charge is 0.302 e. The molecule has 25 heavy (non-hydrogen) atoms. The first-order chi connectivity index (χ1) is 11.9. The van der Waals surface area contributed by atoms with Crippen LogP contribution in [-0.4, -0.2) is 54.2 Å². The van der Waals surface area contributed by atoms with E-state index in [0.717, 1.165) is 5.56 Å². The van der Waals surface area contributed by atoms with E-state index in [1.54, 1.807) is 13.8 Å². The van der Waals surface area contributed by atoms with Crippen molar-refractivity contribution in [3.05, 3.63) is 35.9 Å². The second-order valence-corrected chi connectivity index (χ2v) is 6.69. The van der Waals surface area contributed by atoms with E-state index in [1.807, 2.05) is 30.3 Å². The Morgan fingerprint density at radius 3 is 2.56 bits per heavy atom. The van der Waals surface area contributed by atoms with E-state index in [0.29, 0.717) is 6.61 Å². The van der Waals surface area contributed by atoms with Gasteiger partial charge in [-0.25, -0.2) is 0 Å². The fourth-order valence-electron chi connectivity index (χ4n) is 3.13. The van der Waals surface area contributed by atoms with Gasteiger partial charge in [0.25, 0.3) is 0 Å². The van der Waals surface area contributed by atoms with Crippen molar-refractivity contribution in [2.45, 2.75) is 63.9 Å². The lowest BCUT2D eigenvalue weighted by Crippen LogP contribution is -2.58. The molecule has 138 valence electrons. The number of aliphatic hydroxyl groups is 1. The van der Waals surface area contributed by atoms with E-state index in [2.05, 4.69) is 0 Å². The Hall–Kier alpha value is -1.51. The number of fused-ring (bicyclic) bond motifs is 1. The van der Waals surface area contributed by atoms with Gasteiger partial charge < -0.3 is 28.8 Å². The molecule has 0 aromatic heterocycles. The number of aliphatic hydroxyl groups excluding tert-OH is 1. The molecule has 1 N–H and O–H groups in total. The van der Waals surface area contributed by atoms with Gasteiger partial charge in [0.1, 0.15) is 31.0 Å². The average molecular weight is 352 g/mol. The largest absolute Gasteiger partial charge is 0.463 e. The molecule has 1 unspecified atom stereocenters. The third-order valence-electron chi connectivity index (χ3n) is 4.19. The lowest BCUT2D eigenvalue weighted by molar-refractivity contribution is -0.278. The van der Waals surface area contributed by atoms with Gasteiger partial charge in [-0.3, -0.25) is 4.79 Å². The van der Waals surface area contributed by atoms with Gasteiger partial charge in [-0.2, -0.15) is 0 Å². The van der Waals surface area contributed by atoms with Gasteiger partial charge in [0.05, 0.1) is 6.61 Å². The number of hydrogen-bond donors (Lipinski definition) is 1. The van der Waals surface area contributed by atoms with Crippen molar-refractivity contribution in [3.63, 3.8) is 0 Å². The van der Waals surface area contributed by atoms with E-state index in [1.165, 1.54) is 6.92 Å². The Morgan fingerprint density at radius 1 is 1.20 bits per heavy atom. The van der Waals surface area contributed by atoms with Crippen LogP contribution in [0.15, 0.2) is 30.3 Å². The van der Waals surface area contributed by atoms with Crippen molar-refractivity contribution in [2.75, 3.05) is 6.61 Å². The minimum absolute atomic E-state index is 0.0155. The van der Waals surface area contributed by atoms with Crippen LogP contribution in [0.4, 0.5) is 0 Å². The van der Waals surface area contributed by atoms with Crippen LogP contribution in [0.3, 0.4) is 0 Å². The molecule has 2 heterocycles. The number of benzene rings is 1. The maximum absolute atomic E-state index is 11.1. The highest BCUT2D eigenvalue weighted by Gasteiger charge is 2.55. The Morgan fingerprint density at radius 2 is 1.88 bits per heavy atom. The van der Waals surface area contributed by atoms with Gasteiger partial charge in [0, 0.05) is 6.92 Å². The minimum Gasteiger partial charge on any atom is -0.463 e. The second kappa shape index (κ2) is 7.39. The molecule has 0 bridgehead atoms. The summed E-state index contributed by atoms with van der Waals surface area (Å²) >= 11 is 0. The summed E-state index contributed by atoms with van der Waals surface area (Å²) in [6.45, 7) is 5.19. The van der Waals surface area contributed by atoms with Gasteiger partial charge in [0.2, 0.25) is 0 Å². The summed E-state index contributed by atoms with van der Waals surface area (Å²) in [6.07, 6.45) is -3.56. The average Bonchev–Trinajstić information content (AvgIpc) is 2.88. The Bertz CT molecular complexity index is 588. The highest BCUT2D eigenvalue weighted by Crippen LogP contribution is 2.38. The van der Waals surface area contributed by atoms with Crippen LogP contribution >= 0.6 is 0 Å². The van der Waals surface area contributed by atoms with Gasteiger partial charge in [-0.15, -0.1) is 0 Å². The molecule has 5 atom stereocenters. The number of carbonyl (C=O) groups is 1. The third-order valence-corrected chi connectivity index (χ3v) is 4.19. The fraction of sp³-hybridized carbons (Fsp3) is 0.611. The molecular weight excluding hydrogens is 328 g/mol. The van der Waals surface area contributed by atoms with Gasteiger partial charge in [-0.05, 0) is 19.4 Å². The number of ether oxygens (including phenoxy) is 5. The Kier molecular flexibility index (Phi) is 5.41. The summed E-state index contributed by atoms with van der Waals surface area (Å²) in [7, 11) is 0. The van der Waals surface area contributed by atoms with Crippen LogP contribution in [0.1, 0.15) is 26.3 Å². The van der Waals surface area contributed by atoms with Crippen LogP contribution in [0, 0.1) is 0 Å². The molecule has 0 radical (unpaired) electrons. The van der Waals surface area contributed by atoms with E-state index in [-0.39, 0.29) is 6.61 Å². The summed E-state index contributed by atoms with van der Waals surface area (Å²) in [5, 5.41) is 10.4. The molecule has 2 aliphatic rings. The van der Waals surface area contributed by atoms with Gasteiger partial charge in [-0.1, -0.05) is 30.3 Å². The predicted octanol–water partition coefficient (Wildman–Crippen LogP) is 1.37. The molecule has 1 aromatic carbocycles. The molecule has 3 rings (SSSR count). The van der Waals surface area contributed by atoms with Crippen molar-refractivity contribution < 1.29 is 33.6 Å². The maximum Gasteiger partial charge on any atom is 0.302 e. The van der Waals surface area contributed by atoms with Crippen LogP contribution in [0.5, 0.6) is 0 Å². The van der Waals surface area contributed by atoms with E-state index in [9.17, 15) is 9.90 Å².